The number of carbonyl (C=O) groups is 1. The summed E-state index contributed by atoms with van der Waals surface area (Å²) in [5.74, 6) is 1.59. The topological polar surface area (TPSA) is 50.8 Å². The number of carbonyl (C=O) groups excluding carboxylic acids is 1. The van der Waals surface area contributed by atoms with Crippen LogP contribution < -0.4 is 10.1 Å². The maximum atomic E-state index is 13.1. The second-order valence-electron chi connectivity index (χ2n) is 8.81. The van der Waals surface area contributed by atoms with E-state index in [4.69, 9.17) is 9.47 Å². The Morgan fingerprint density at radius 3 is 2.74 bits per heavy atom. The van der Waals surface area contributed by atoms with Crippen LogP contribution in [0.4, 0.5) is 0 Å². The first-order valence-corrected chi connectivity index (χ1v) is 10.5. The summed E-state index contributed by atoms with van der Waals surface area (Å²) in [4.78, 5) is 15.2. The second-order valence-corrected chi connectivity index (χ2v) is 8.81. The number of likely N-dealkylation sites (tertiary alicyclic amines) is 1. The van der Waals surface area contributed by atoms with E-state index in [0.717, 1.165) is 64.2 Å². The summed E-state index contributed by atoms with van der Waals surface area (Å²) in [6.07, 6.45) is 6.18. The molecule has 3 heterocycles. The first-order valence-electron chi connectivity index (χ1n) is 10.5. The van der Waals surface area contributed by atoms with E-state index in [1.165, 1.54) is 24.0 Å². The van der Waals surface area contributed by atoms with Gasteiger partial charge in [0, 0.05) is 19.0 Å². The average Bonchev–Trinajstić information content (AvgIpc) is 3.41. The van der Waals surface area contributed by atoms with Gasteiger partial charge in [-0.2, -0.15) is 0 Å². The molecule has 3 fully saturated rings. The third-order valence-electron chi connectivity index (χ3n) is 7.52. The Morgan fingerprint density at radius 1 is 1.22 bits per heavy atom. The summed E-state index contributed by atoms with van der Waals surface area (Å²) in [7, 11) is 1.72. The molecule has 27 heavy (non-hydrogen) atoms. The third kappa shape index (κ3) is 2.87. The van der Waals surface area contributed by atoms with Crippen LogP contribution in [0.5, 0.6) is 5.75 Å². The fraction of sp³-hybridized carbons (Fsp3) is 0.682. The zero-order valence-corrected chi connectivity index (χ0v) is 16.3. The fourth-order valence-corrected chi connectivity index (χ4v) is 5.68. The van der Waals surface area contributed by atoms with Crippen LogP contribution in [-0.4, -0.2) is 50.7 Å². The van der Waals surface area contributed by atoms with Gasteiger partial charge in [0.05, 0.1) is 19.3 Å². The van der Waals surface area contributed by atoms with Crippen molar-refractivity contribution in [2.75, 3.05) is 39.9 Å². The van der Waals surface area contributed by atoms with E-state index in [1.807, 2.05) is 6.07 Å². The standard InChI is InChI=1S/C22H30N2O3/c1-26-17-2-3-18-16(14-17)4-13-27-22(18)7-11-24(12-8-22)20(25)19-15-21(19)5-9-23-10-6-21/h2-3,14,19,23H,4-13,15H2,1H3. The Balaban J connectivity index is 1.28. The molecule has 0 aromatic heterocycles. The van der Waals surface area contributed by atoms with E-state index in [1.54, 1.807) is 7.11 Å². The zero-order chi connectivity index (χ0) is 18.5. The number of nitrogens with one attached hydrogen (secondary N) is 1. The molecule has 2 saturated heterocycles. The van der Waals surface area contributed by atoms with E-state index in [9.17, 15) is 4.79 Å². The van der Waals surface area contributed by atoms with Crippen molar-refractivity contribution in [2.45, 2.75) is 44.1 Å². The Morgan fingerprint density at radius 2 is 2.00 bits per heavy atom. The fourth-order valence-electron chi connectivity index (χ4n) is 5.68. The molecule has 1 unspecified atom stereocenters. The number of rotatable bonds is 2. The number of methoxy groups -OCH3 is 1. The van der Waals surface area contributed by atoms with E-state index in [0.29, 0.717) is 11.3 Å². The summed E-state index contributed by atoms with van der Waals surface area (Å²) in [6.45, 7) is 4.53. The molecule has 146 valence electrons. The molecule has 1 atom stereocenters. The van der Waals surface area contributed by atoms with Gasteiger partial charge >= 0.3 is 0 Å². The van der Waals surface area contributed by atoms with Crippen molar-refractivity contribution >= 4 is 5.91 Å². The normalized spacial score (nSPS) is 28.0. The van der Waals surface area contributed by atoms with Gasteiger partial charge < -0.3 is 19.7 Å². The van der Waals surface area contributed by atoms with Crippen LogP contribution >= 0.6 is 0 Å². The molecule has 1 aromatic rings. The van der Waals surface area contributed by atoms with E-state index >= 15 is 0 Å². The quantitative estimate of drug-likeness (QED) is 0.869. The summed E-state index contributed by atoms with van der Waals surface area (Å²) in [6, 6.07) is 6.37. The lowest BCUT2D eigenvalue weighted by atomic mass is 9.79. The van der Waals surface area contributed by atoms with Gasteiger partial charge in [-0.15, -0.1) is 0 Å². The second kappa shape index (κ2) is 6.49. The lowest BCUT2D eigenvalue weighted by Crippen LogP contribution is -2.49. The van der Waals surface area contributed by atoms with E-state index in [-0.39, 0.29) is 11.5 Å². The molecule has 0 bridgehead atoms. The highest BCUT2D eigenvalue weighted by atomic mass is 16.5. The summed E-state index contributed by atoms with van der Waals surface area (Å²) in [5.41, 5.74) is 2.76. The summed E-state index contributed by atoms with van der Waals surface area (Å²) < 4.78 is 11.7. The van der Waals surface area contributed by atoms with Gasteiger partial charge in [0.2, 0.25) is 5.91 Å². The first kappa shape index (κ1) is 17.5. The average molecular weight is 370 g/mol. The van der Waals surface area contributed by atoms with Crippen LogP contribution in [0, 0.1) is 11.3 Å². The van der Waals surface area contributed by atoms with Crippen molar-refractivity contribution in [3.63, 3.8) is 0 Å². The molecule has 5 heteroatoms. The molecule has 5 nitrogen and oxygen atoms in total. The Hall–Kier alpha value is -1.59. The molecule has 5 rings (SSSR count). The number of amides is 1. The molecule has 1 N–H and O–H groups in total. The Bertz CT molecular complexity index is 733. The van der Waals surface area contributed by atoms with Gasteiger partial charge in [0.1, 0.15) is 5.75 Å². The Kier molecular flexibility index (Phi) is 4.21. The SMILES string of the molecule is COc1ccc2c(c1)CCOC21CCN(C(=O)C2CC23CCNCC3)CC1. The minimum Gasteiger partial charge on any atom is -0.497 e. The Labute approximate surface area is 161 Å². The van der Waals surface area contributed by atoms with E-state index < -0.39 is 0 Å². The minimum atomic E-state index is -0.216. The highest BCUT2D eigenvalue weighted by Gasteiger charge is 2.59. The number of ether oxygens (including phenoxy) is 2. The van der Waals surface area contributed by atoms with Gasteiger partial charge in [-0.3, -0.25) is 4.79 Å². The molecule has 0 radical (unpaired) electrons. The molecule has 1 aromatic carbocycles. The van der Waals surface area contributed by atoms with Gasteiger partial charge in [-0.05, 0) is 80.3 Å². The molecule has 1 amide bonds. The van der Waals surface area contributed by atoms with Crippen LogP contribution in [-0.2, 0) is 21.6 Å². The van der Waals surface area contributed by atoms with Crippen molar-refractivity contribution in [3.8, 4) is 5.75 Å². The maximum Gasteiger partial charge on any atom is 0.226 e. The molecule has 2 spiro atoms. The number of hydrogen-bond donors (Lipinski definition) is 1. The van der Waals surface area contributed by atoms with Crippen molar-refractivity contribution in [3.05, 3.63) is 29.3 Å². The zero-order valence-electron chi connectivity index (χ0n) is 16.3. The summed E-state index contributed by atoms with van der Waals surface area (Å²) in [5, 5.41) is 3.43. The van der Waals surface area contributed by atoms with Crippen LogP contribution in [0.15, 0.2) is 18.2 Å². The van der Waals surface area contributed by atoms with Gasteiger partial charge in [-0.25, -0.2) is 0 Å². The van der Waals surface area contributed by atoms with Crippen molar-refractivity contribution < 1.29 is 14.3 Å². The molecule has 3 aliphatic heterocycles. The van der Waals surface area contributed by atoms with E-state index in [2.05, 4.69) is 22.3 Å². The third-order valence-corrected chi connectivity index (χ3v) is 7.52. The van der Waals surface area contributed by atoms with Crippen LogP contribution in [0.2, 0.25) is 0 Å². The highest BCUT2D eigenvalue weighted by Crippen LogP contribution is 2.59. The lowest BCUT2D eigenvalue weighted by Gasteiger charge is -2.45. The van der Waals surface area contributed by atoms with Crippen LogP contribution in [0.3, 0.4) is 0 Å². The highest BCUT2D eigenvalue weighted by molar-refractivity contribution is 5.83. The monoisotopic (exact) mass is 370 g/mol. The molecule has 1 aliphatic carbocycles. The largest absolute Gasteiger partial charge is 0.497 e. The smallest absolute Gasteiger partial charge is 0.226 e. The van der Waals surface area contributed by atoms with Gasteiger partial charge in [0.25, 0.3) is 0 Å². The number of benzene rings is 1. The molecular formula is C22H30N2O3. The maximum absolute atomic E-state index is 13.1. The predicted octanol–water partition coefficient (Wildman–Crippen LogP) is 2.48. The number of fused-ring (bicyclic) bond motifs is 2. The lowest BCUT2D eigenvalue weighted by molar-refractivity contribution is -0.143. The van der Waals surface area contributed by atoms with Crippen LogP contribution in [0.25, 0.3) is 0 Å². The molecule has 4 aliphatic rings. The van der Waals surface area contributed by atoms with Gasteiger partial charge in [0.15, 0.2) is 0 Å². The predicted molar refractivity (Wildman–Crippen MR) is 103 cm³/mol. The first-order chi connectivity index (χ1) is 13.2. The molecular weight excluding hydrogens is 340 g/mol. The number of piperidine rings is 2. The van der Waals surface area contributed by atoms with Crippen LogP contribution in [0.1, 0.15) is 43.2 Å². The molecule has 1 saturated carbocycles. The van der Waals surface area contributed by atoms with Gasteiger partial charge in [-0.1, -0.05) is 6.07 Å². The number of hydrogen-bond acceptors (Lipinski definition) is 4. The minimum absolute atomic E-state index is 0.216. The van der Waals surface area contributed by atoms with Crippen molar-refractivity contribution in [1.82, 2.24) is 10.2 Å². The van der Waals surface area contributed by atoms with Crippen molar-refractivity contribution in [2.24, 2.45) is 11.3 Å². The number of nitrogens with zero attached hydrogens (tertiary/aromatic N) is 1. The summed E-state index contributed by atoms with van der Waals surface area (Å²) >= 11 is 0. The van der Waals surface area contributed by atoms with Crippen molar-refractivity contribution in [1.29, 1.82) is 0 Å².